The Balaban J connectivity index is 1.32. The van der Waals surface area contributed by atoms with Gasteiger partial charge in [0.25, 0.3) is 0 Å². The zero-order chi connectivity index (χ0) is 23.9. The second-order valence-electron chi connectivity index (χ2n) is 9.19. The van der Waals surface area contributed by atoms with E-state index >= 15 is 0 Å². The van der Waals surface area contributed by atoms with Crippen molar-refractivity contribution in [3.63, 3.8) is 0 Å². The van der Waals surface area contributed by atoms with E-state index < -0.39 is 17.6 Å². The number of carbonyl (C=O) groups excluding carboxylic acids is 1. The van der Waals surface area contributed by atoms with Crippen LogP contribution in [0.4, 0.5) is 8.78 Å². The summed E-state index contributed by atoms with van der Waals surface area (Å²) in [5.74, 6) is 5.95. The summed E-state index contributed by atoms with van der Waals surface area (Å²) in [6.45, 7) is 2.25. The van der Waals surface area contributed by atoms with Crippen molar-refractivity contribution in [1.82, 2.24) is 0 Å². The smallest absolute Gasteiger partial charge is 0.343 e. The van der Waals surface area contributed by atoms with Gasteiger partial charge >= 0.3 is 5.97 Å². The van der Waals surface area contributed by atoms with E-state index in [1.807, 2.05) is 12.1 Å². The molecule has 4 heteroatoms. The third-order valence-corrected chi connectivity index (χ3v) is 6.69. The monoisotopic (exact) mass is 460 g/mol. The number of esters is 1. The molecule has 0 heterocycles. The van der Waals surface area contributed by atoms with E-state index in [-0.39, 0.29) is 11.1 Å². The Morgan fingerprint density at radius 3 is 2.47 bits per heavy atom. The molecule has 0 N–H and O–H groups in total. The summed E-state index contributed by atoms with van der Waals surface area (Å²) in [5.41, 5.74) is 1.29. The first-order chi connectivity index (χ1) is 16.5. The molecule has 1 fully saturated rings. The number of hydrogen-bond acceptors (Lipinski definition) is 2. The van der Waals surface area contributed by atoms with E-state index in [0.717, 1.165) is 17.5 Å². The molecule has 1 saturated carbocycles. The van der Waals surface area contributed by atoms with Crippen LogP contribution in [0, 0.1) is 35.3 Å². The average Bonchev–Trinajstić information content (AvgIpc) is 2.86. The van der Waals surface area contributed by atoms with Crippen molar-refractivity contribution in [1.29, 1.82) is 0 Å². The number of carbonyl (C=O) groups is 1. The molecule has 0 unspecified atom stereocenters. The second kappa shape index (κ2) is 11.3. The molecule has 0 amide bonds. The summed E-state index contributed by atoms with van der Waals surface area (Å²) in [7, 11) is 0. The highest BCUT2D eigenvalue weighted by Gasteiger charge is 2.19. The minimum absolute atomic E-state index is 0.146. The minimum Gasteiger partial charge on any atom is -0.423 e. The maximum absolute atomic E-state index is 13.9. The van der Waals surface area contributed by atoms with Crippen molar-refractivity contribution in [2.45, 2.75) is 58.3 Å². The van der Waals surface area contributed by atoms with Crippen LogP contribution in [-0.4, -0.2) is 5.97 Å². The van der Waals surface area contributed by atoms with E-state index in [1.165, 1.54) is 75.6 Å². The highest BCUT2D eigenvalue weighted by atomic mass is 19.2. The maximum Gasteiger partial charge on any atom is 0.343 e. The van der Waals surface area contributed by atoms with E-state index in [0.29, 0.717) is 16.9 Å². The minimum atomic E-state index is -0.910. The Morgan fingerprint density at radius 2 is 1.74 bits per heavy atom. The van der Waals surface area contributed by atoms with Gasteiger partial charge in [0, 0.05) is 16.9 Å². The first-order valence-electron chi connectivity index (χ1n) is 12.2. The summed E-state index contributed by atoms with van der Waals surface area (Å²) in [6.07, 6.45) is 10.3. The predicted octanol–water partition coefficient (Wildman–Crippen LogP) is 8.08. The van der Waals surface area contributed by atoms with Crippen molar-refractivity contribution in [2.75, 3.05) is 0 Å². The number of rotatable bonds is 6. The molecule has 0 atom stereocenters. The molecule has 0 radical (unpaired) electrons. The predicted molar refractivity (Wildman–Crippen MR) is 132 cm³/mol. The topological polar surface area (TPSA) is 26.3 Å². The quantitative estimate of drug-likeness (QED) is 0.161. The van der Waals surface area contributed by atoms with Gasteiger partial charge in [0.05, 0.1) is 5.56 Å². The molecule has 34 heavy (non-hydrogen) atoms. The number of unbranched alkanes of at least 4 members (excludes halogenated alkanes) is 2. The fraction of sp³-hybridized carbons (Fsp3) is 0.367. The number of benzene rings is 3. The summed E-state index contributed by atoms with van der Waals surface area (Å²) < 4.78 is 32.7. The van der Waals surface area contributed by atoms with Crippen LogP contribution in [0.1, 0.15) is 74.2 Å². The van der Waals surface area contributed by atoms with Gasteiger partial charge in [-0.1, -0.05) is 50.5 Å². The van der Waals surface area contributed by atoms with Crippen LogP contribution in [0.15, 0.2) is 54.6 Å². The lowest BCUT2D eigenvalue weighted by Gasteiger charge is -2.25. The molecule has 1 aliphatic carbocycles. The van der Waals surface area contributed by atoms with Crippen LogP contribution in [0.5, 0.6) is 5.75 Å². The number of ether oxygens (including phenoxy) is 1. The molecule has 2 nitrogen and oxygen atoms in total. The first-order valence-corrected chi connectivity index (χ1v) is 12.2. The van der Waals surface area contributed by atoms with Gasteiger partial charge in [0.2, 0.25) is 0 Å². The summed E-state index contributed by atoms with van der Waals surface area (Å²) in [6, 6.07) is 14.0. The highest BCUT2D eigenvalue weighted by Crippen LogP contribution is 2.31. The van der Waals surface area contributed by atoms with Crippen molar-refractivity contribution in [3.8, 4) is 17.6 Å². The Hall–Kier alpha value is -3.19. The van der Waals surface area contributed by atoms with Gasteiger partial charge < -0.3 is 4.74 Å². The molecule has 176 valence electrons. The Labute approximate surface area is 200 Å². The molecule has 0 saturated heterocycles. The normalized spacial score (nSPS) is 17.7. The third kappa shape index (κ3) is 6.03. The van der Waals surface area contributed by atoms with Gasteiger partial charge in [-0.2, -0.15) is 0 Å². The maximum atomic E-state index is 13.9. The zero-order valence-electron chi connectivity index (χ0n) is 19.6. The van der Waals surface area contributed by atoms with Gasteiger partial charge in [-0.05, 0) is 85.5 Å². The van der Waals surface area contributed by atoms with Crippen molar-refractivity contribution < 1.29 is 18.3 Å². The first kappa shape index (κ1) is 24.0. The summed E-state index contributed by atoms with van der Waals surface area (Å²) in [5, 5.41) is 0.609. The SMILES string of the molecule is CCCCCC1CCC(C#Cc2ccc(C(=O)Oc3ccc4c(F)c(F)ccc4c3)cc2)CC1. The largest absolute Gasteiger partial charge is 0.423 e. The molecular weight excluding hydrogens is 430 g/mol. The molecule has 0 spiro atoms. The molecule has 3 aromatic rings. The lowest BCUT2D eigenvalue weighted by atomic mass is 9.80. The zero-order valence-corrected chi connectivity index (χ0v) is 19.6. The second-order valence-corrected chi connectivity index (χ2v) is 9.19. The average molecular weight is 461 g/mol. The van der Waals surface area contributed by atoms with Gasteiger partial charge in [-0.3, -0.25) is 0 Å². The number of halogens is 2. The van der Waals surface area contributed by atoms with Crippen LogP contribution in [0.3, 0.4) is 0 Å². The fourth-order valence-electron chi connectivity index (χ4n) is 4.63. The van der Waals surface area contributed by atoms with Gasteiger partial charge in [0.1, 0.15) is 5.75 Å². The number of fused-ring (bicyclic) bond motifs is 1. The van der Waals surface area contributed by atoms with Crippen molar-refractivity contribution in [3.05, 3.63) is 77.4 Å². The molecule has 1 aliphatic rings. The van der Waals surface area contributed by atoms with Crippen molar-refractivity contribution >= 4 is 16.7 Å². The van der Waals surface area contributed by atoms with E-state index in [4.69, 9.17) is 4.74 Å². The van der Waals surface area contributed by atoms with Crippen LogP contribution >= 0.6 is 0 Å². The summed E-state index contributed by atoms with van der Waals surface area (Å²) >= 11 is 0. The molecule has 0 aromatic heterocycles. The summed E-state index contributed by atoms with van der Waals surface area (Å²) in [4.78, 5) is 12.5. The Morgan fingerprint density at radius 1 is 0.971 bits per heavy atom. The number of hydrogen-bond donors (Lipinski definition) is 0. The third-order valence-electron chi connectivity index (χ3n) is 6.69. The van der Waals surface area contributed by atoms with Crippen LogP contribution in [0.2, 0.25) is 0 Å². The van der Waals surface area contributed by atoms with E-state index in [1.54, 1.807) is 12.1 Å². The molecule has 0 bridgehead atoms. The Kier molecular flexibility index (Phi) is 7.95. The lowest BCUT2D eigenvalue weighted by Crippen LogP contribution is -2.13. The van der Waals surface area contributed by atoms with Crippen molar-refractivity contribution in [2.24, 2.45) is 11.8 Å². The van der Waals surface area contributed by atoms with Crippen LogP contribution < -0.4 is 4.74 Å². The van der Waals surface area contributed by atoms with Gasteiger partial charge in [-0.15, -0.1) is 0 Å². The lowest BCUT2D eigenvalue weighted by molar-refractivity contribution is 0.0735. The van der Waals surface area contributed by atoms with Gasteiger partial charge in [0.15, 0.2) is 11.6 Å². The van der Waals surface area contributed by atoms with Crippen LogP contribution in [0.25, 0.3) is 10.8 Å². The fourth-order valence-corrected chi connectivity index (χ4v) is 4.63. The van der Waals surface area contributed by atoms with E-state index in [9.17, 15) is 13.6 Å². The van der Waals surface area contributed by atoms with Crippen LogP contribution in [-0.2, 0) is 0 Å². The van der Waals surface area contributed by atoms with Gasteiger partial charge in [-0.25, -0.2) is 13.6 Å². The highest BCUT2D eigenvalue weighted by molar-refractivity contribution is 5.92. The standard InChI is InChI=1S/C30H30F2O2/c1-2-3-4-5-21-6-8-22(9-7-21)10-11-23-12-14-24(15-13-23)30(33)34-26-17-18-27-25(20-26)16-19-28(31)29(27)32/h12-22H,2-9H2,1H3. The molecular formula is C30H30F2O2. The van der Waals surface area contributed by atoms with E-state index in [2.05, 4.69) is 18.8 Å². The molecule has 0 aliphatic heterocycles. The Bertz CT molecular complexity index is 1200. The molecule has 4 rings (SSSR count). The molecule has 3 aromatic carbocycles.